The number of nitrogens with zero attached hydrogens (tertiary/aromatic N) is 3. The molecule has 3 aromatic rings. The van der Waals surface area contributed by atoms with Gasteiger partial charge in [0.15, 0.2) is 5.65 Å². The number of pyridine rings is 1. The lowest BCUT2D eigenvalue weighted by Gasteiger charge is -2.13. The van der Waals surface area contributed by atoms with Crippen LogP contribution >= 0.6 is 0 Å². The molecule has 8 heteroatoms. The number of hydrogen-bond donors (Lipinski definition) is 1. The second-order valence-electron chi connectivity index (χ2n) is 6.62. The molecule has 0 aliphatic carbocycles. The van der Waals surface area contributed by atoms with E-state index in [1.165, 1.54) is 11.6 Å². The summed E-state index contributed by atoms with van der Waals surface area (Å²) in [6.07, 6.45) is 2.34. The largest absolute Gasteiger partial charge is 0.497 e. The third-order valence-corrected chi connectivity index (χ3v) is 4.72. The summed E-state index contributed by atoms with van der Waals surface area (Å²) in [7, 11) is 4.55. The van der Waals surface area contributed by atoms with E-state index in [1.54, 1.807) is 27.3 Å². The van der Waals surface area contributed by atoms with Gasteiger partial charge in [0.2, 0.25) is 5.91 Å². The van der Waals surface area contributed by atoms with Gasteiger partial charge in [0, 0.05) is 26.7 Å². The SMILES string of the molecule is COc1ccc(CCC(=O)Nc2c(C)cnc3c2c(=O)n(C)c(=O)n3C)cc1. The number of methoxy groups -OCH3 is 1. The fraction of sp³-hybridized carbons (Fsp3) is 0.300. The first-order chi connectivity index (χ1) is 13.3. The highest BCUT2D eigenvalue weighted by Gasteiger charge is 2.17. The van der Waals surface area contributed by atoms with Crippen LogP contribution in [0.1, 0.15) is 17.5 Å². The zero-order valence-electron chi connectivity index (χ0n) is 16.3. The molecular formula is C20H22N4O4. The molecule has 0 aliphatic heterocycles. The summed E-state index contributed by atoms with van der Waals surface area (Å²) in [6, 6.07) is 7.51. The van der Waals surface area contributed by atoms with Crippen molar-refractivity contribution in [3.8, 4) is 5.75 Å². The number of amides is 1. The molecular weight excluding hydrogens is 360 g/mol. The normalized spacial score (nSPS) is 10.9. The number of nitrogens with one attached hydrogen (secondary N) is 1. The van der Waals surface area contributed by atoms with Crippen LogP contribution in [0.15, 0.2) is 40.1 Å². The molecule has 2 aromatic heterocycles. The second-order valence-corrected chi connectivity index (χ2v) is 6.62. The minimum absolute atomic E-state index is 0.220. The van der Waals surface area contributed by atoms with Crippen molar-refractivity contribution in [3.05, 3.63) is 62.4 Å². The maximum absolute atomic E-state index is 12.6. The van der Waals surface area contributed by atoms with Crippen LogP contribution in [-0.4, -0.2) is 27.1 Å². The minimum atomic E-state index is -0.486. The highest BCUT2D eigenvalue weighted by atomic mass is 16.5. The summed E-state index contributed by atoms with van der Waals surface area (Å²) in [6.45, 7) is 1.76. The molecule has 2 heterocycles. The molecule has 0 fully saturated rings. The van der Waals surface area contributed by atoms with E-state index in [0.29, 0.717) is 17.7 Å². The van der Waals surface area contributed by atoms with Crippen molar-refractivity contribution in [3.63, 3.8) is 0 Å². The Balaban J connectivity index is 1.89. The van der Waals surface area contributed by atoms with Crippen LogP contribution in [0.4, 0.5) is 5.69 Å². The number of aryl methyl sites for hydroxylation is 3. The third-order valence-electron chi connectivity index (χ3n) is 4.72. The van der Waals surface area contributed by atoms with E-state index >= 15 is 0 Å². The summed E-state index contributed by atoms with van der Waals surface area (Å²) in [5.41, 5.74) is 1.34. The van der Waals surface area contributed by atoms with Crippen molar-refractivity contribution in [1.29, 1.82) is 0 Å². The van der Waals surface area contributed by atoms with Crippen molar-refractivity contribution in [1.82, 2.24) is 14.1 Å². The molecule has 3 rings (SSSR count). The lowest BCUT2D eigenvalue weighted by molar-refractivity contribution is -0.116. The molecule has 1 N–H and O–H groups in total. The van der Waals surface area contributed by atoms with Gasteiger partial charge in [0.05, 0.1) is 12.8 Å². The van der Waals surface area contributed by atoms with E-state index < -0.39 is 11.2 Å². The first-order valence-electron chi connectivity index (χ1n) is 8.81. The van der Waals surface area contributed by atoms with E-state index in [9.17, 15) is 14.4 Å². The lowest BCUT2D eigenvalue weighted by Crippen LogP contribution is -2.37. The summed E-state index contributed by atoms with van der Waals surface area (Å²) in [5, 5.41) is 3.05. The Hall–Kier alpha value is -3.42. The van der Waals surface area contributed by atoms with E-state index in [0.717, 1.165) is 15.9 Å². The predicted molar refractivity (Wildman–Crippen MR) is 107 cm³/mol. The number of ether oxygens (including phenoxy) is 1. The number of aromatic nitrogens is 3. The molecule has 0 unspecified atom stereocenters. The first kappa shape index (κ1) is 19.3. The molecule has 0 saturated heterocycles. The number of hydrogen-bond acceptors (Lipinski definition) is 5. The Morgan fingerprint density at radius 3 is 2.46 bits per heavy atom. The van der Waals surface area contributed by atoms with Crippen LogP contribution in [0.3, 0.4) is 0 Å². The number of fused-ring (bicyclic) bond motifs is 1. The topological polar surface area (TPSA) is 95.2 Å². The van der Waals surface area contributed by atoms with Gasteiger partial charge in [-0.05, 0) is 36.6 Å². The summed E-state index contributed by atoms with van der Waals surface area (Å²) < 4.78 is 7.43. The van der Waals surface area contributed by atoms with Crippen LogP contribution in [0.25, 0.3) is 11.0 Å². The Bertz CT molecular complexity index is 1160. The van der Waals surface area contributed by atoms with E-state index in [4.69, 9.17) is 4.74 Å². The molecule has 28 heavy (non-hydrogen) atoms. The standard InChI is InChI=1S/C20H22N4O4/c1-12-11-21-18-16(19(26)24(3)20(27)23(18)2)17(12)22-15(25)10-7-13-5-8-14(28-4)9-6-13/h5-6,8-9,11H,7,10H2,1-4H3,(H,21,22,25). The van der Waals surface area contributed by atoms with Crippen LogP contribution in [-0.2, 0) is 25.3 Å². The second kappa shape index (κ2) is 7.67. The Labute approximate surface area is 161 Å². The third kappa shape index (κ3) is 3.53. The molecule has 0 radical (unpaired) electrons. The highest BCUT2D eigenvalue weighted by molar-refractivity contribution is 6.00. The van der Waals surface area contributed by atoms with Gasteiger partial charge in [-0.25, -0.2) is 9.78 Å². The van der Waals surface area contributed by atoms with Gasteiger partial charge in [0.25, 0.3) is 5.56 Å². The molecule has 146 valence electrons. The maximum atomic E-state index is 12.6. The Morgan fingerprint density at radius 2 is 1.82 bits per heavy atom. The van der Waals surface area contributed by atoms with Gasteiger partial charge in [0.1, 0.15) is 11.1 Å². The van der Waals surface area contributed by atoms with Crippen LogP contribution < -0.4 is 21.3 Å². The minimum Gasteiger partial charge on any atom is -0.497 e. The number of benzene rings is 1. The summed E-state index contributed by atoms with van der Waals surface area (Å²) in [5.74, 6) is 0.538. The molecule has 1 aromatic carbocycles. The first-order valence-corrected chi connectivity index (χ1v) is 8.81. The van der Waals surface area contributed by atoms with Gasteiger partial charge >= 0.3 is 5.69 Å². The predicted octanol–water partition coefficient (Wildman–Crippen LogP) is 1.52. The zero-order valence-corrected chi connectivity index (χ0v) is 16.3. The smallest absolute Gasteiger partial charge is 0.332 e. The van der Waals surface area contributed by atoms with Gasteiger partial charge in [-0.3, -0.25) is 18.7 Å². The molecule has 0 saturated carbocycles. The molecule has 0 bridgehead atoms. The molecule has 8 nitrogen and oxygen atoms in total. The van der Waals surface area contributed by atoms with Gasteiger partial charge in [-0.15, -0.1) is 0 Å². The number of rotatable bonds is 5. The van der Waals surface area contributed by atoms with Crippen LogP contribution in [0.2, 0.25) is 0 Å². The average Bonchev–Trinajstić information content (AvgIpc) is 2.70. The quantitative estimate of drug-likeness (QED) is 0.722. The number of carbonyl (C=O) groups is 1. The Morgan fingerprint density at radius 1 is 1.14 bits per heavy atom. The fourth-order valence-corrected chi connectivity index (χ4v) is 3.04. The van der Waals surface area contributed by atoms with Gasteiger partial charge < -0.3 is 10.1 Å². The van der Waals surface area contributed by atoms with Crippen LogP contribution in [0, 0.1) is 6.92 Å². The monoisotopic (exact) mass is 382 g/mol. The van der Waals surface area contributed by atoms with Crippen LogP contribution in [0.5, 0.6) is 5.75 Å². The van der Waals surface area contributed by atoms with Crippen molar-refractivity contribution in [2.45, 2.75) is 19.8 Å². The Kier molecular flexibility index (Phi) is 5.30. The summed E-state index contributed by atoms with van der Waals surface area (Å²) >= 11 is 0. The number of anilines is 1. The van der Waals surface area contributed by atoms with Gasteiger partial charge in [-0.1, -0.05) is 12.1 Å². The molecule has 0 aliphatic rings. The van der Waals surface area contributed by atoms with Crippen molar-refractivity contribution >= 4 is 22.6 Å². The van der Waals surface area contributed by atoms with Crippen molar-refractivity contribution in [2.75, 3.05) is 12.4 Å². The van der Waals surface area contributed by atoms with E-state index in [2.05, 4.69) is 10.3 Å². The van der Waals surface area contributed by atoms with Crippen molar-refractivity contribution < 1.29 is 9.53 Å². The lowest BCUT2D eigenvalue weighted by atomic mass is 10.1. The fourth-order valence-electron chi connectivity index (χ4n) is 3.04. The van der Waals surface area contributed by atoms with E-state index in [1.807, 2.05) is 24.3 Å². The van der Waals surface area contributed by atoms with Crippen molar-refractivity contribution in [2.24, 2.45) is 14.1 Å². The molecule has 0 atom stereocenters. The zero-order chi connectivity index (χ0) is 20.4. The number of carbonyl (C=O) groups excluding carboxylic acids is 1. The summed E-state index contributed by atoms with van der Waals surface area (Å²) in [4.78, 5) is 41.5. The van der Waals surface area contributed by atoms with Gasteiger partial charge in [-0.2, -0.15) is 0 Å². The molecule has 1 amide bonds. The average molecular weight is 382 g/mol. The highest BCUT2D eigenvalue weighted by Crippen LogP contribution is 2.22. The molecule has 0 spiro atoms. The van der Waals surface area contributed by atoms with E-state index in [-0.39, 0.29) is 23.4 Å². The maximum Gasteiger partial charge on any atom is 0.332 e.